The van der Waals surface area contributed by atoms with Crippen molar-refractivity contribution >= 4 is 24.0 Å². The summed E-state index contributed by atoms with van der Waals surface area (Å²) in [6.07, 6.45) is 0.0347. The summed E-state index contributed by atoms with van der Waals surface area (Å²) in [4.78, 5) is 19.0. The first-order chi connectivity index (χ1) is 14.4. The molecule has 1 aliphatic heterocycles. The van der Waals surface area contributed by atoms with Gasteiger partial charge in [0.15, 0.2) is 0 Å². The minimum atomic E-state index is -4.62. The van der Waals surface area contributed by atoms with Gasteiger partial charge in [-0.1, -0.05) is 12.1 Å². The molecule has 0 bridgehead atoms. The third kappa shape index (κ3) is 5.37. The quantitative estimate of drug-likeness (QED) is 0.629. The fourth-order valence-electron chi connectivity index (χ4n) is 2.93. The number of hydrogen-bond acceptors (Lipinski definition) is 6. The van der Waals surface area contributed by atoms with Crippen LogP contribution in [0.3, 0.4) is 0 Å². The Hall–Kier alpha value is -3.02. The summed E-state index contributed by atoms with van der Waals surface area (Å²) in [5.74, 6) is -1.65. The van der Waals surface area contributed by atoms with Crippen molar-refractivity contribution in [2.75, 3.05) is 25.0 Å². The van der Waals surface area contributed by atoms with Gasteiger partial charge in [0.2, 0.25) is 5.82 Å². The third-order valence-electron chi connectivity index (χ3n) is 4.47. The molecule has 1 saturated heterocycles. The average molecular weight is 455 g/mol. The summed E-state index contributed by atoms with van der Waals surface area (Å²) < 4.78 is 44.6. The van der Waals surface area contributed by atoms with Crippen molar-refractivity contribution in [2.45, 2.75) is 12.3 Å². The molecule has 0 radical (unpaired) electrons. The molecule has 2 aromatic heterocycles. The van der Waals surface area contributed by atoms with E-state index in [0.717, 1.165) is 31.0 Å². The molecule has 0 aliphatic carbocycles. The van der Waals surface area contributed by atoms with Gasteiger partial charge >= 0.3 is 6.18 Å². The summed E-state index contributed by atoms with van der Waals surface area (Å²) in [5, 5.41) is 10.0. The highest BCUT2D eigenvalue weighted by atomic mass is 35.5. The number of carbonyl (C=O) groups is 1. The van der Waals surface area contributed by atoms with E-state index in [1.54, 1.807) is 12.1 Å². The standard InChI is InChI=1S/C19H17F3N6O2.ClH/c20-19(21,22)18-24-8-15(9-25-18)28-11-13(7-26-28)17(29)27-14-3-1-12(2-4-14)16-10-23-5-6-30-16;/h1-4,7-9,11,16,23H,5-6,10H2,(H,27,29);1H. The summed E-state index contributed by atoms with van der Waals surface area (Å²) in [7, 11) is 0. The van der Waals surface area contributed by atoms with Gasteiger partial charge in [0.1, 0.15) is 5.69 Å². The van der Waals surface area contributed by atoms with Gasteiger partial charge in [-0.05, 0) is 17.7 Å². The molecule has 1 atom stereocenters. The highest BCUT2D eigenvalue weighted by Crippen LogP contribution is 2.25. The van der Waals surface area contributed by atoms with Crippen molar-refractivity contribution in [3.63, 3.8) is 0 Å². The fourth-order valence-corrected chi connectivity index (χ4v) is 2.93. The van der Waals surface area contributed by atoms with Gasteiger partial charge in [0, 0.05) is 25.0 Å². The van der Waals surface area contributed by atoms with Crippen LogP contribution in [0.25, 0.3) is 5.69 Å². The first-order valence-electron chi connectivity index (χ1n) is 9.08. The zero-order valence-electron chi connectivity index (χ0n) is 16.0. The van der Waals surface area contributed by atoms with Crippen LogP contribution in [0.1, 0.15) is 27.8 Å². The van der Waals surface area contributed by atoms with Crippen molar-refractivity contribution in [2.24, 2.45) is 0 Å². The molecule has 2 N–H and O–H groups in total. The maximum absolute atomic E-state index is 12.6. The number of alkyl halides is 3. The summed E-state index contributed by atoms with van der Waals surface area (Å²) >= 11 is 0. The first-order valence-corrected chi connectivity index (χ1v) is 9.08. The molecule has 1 aromatic carbocycles. The zero-order valence-corrected chi connectivity index (χ0v) is 16.8. The predicted molar refractivity (Wildman–Crippen MR) is 107 cm³/mol. The lowest BCUT2D eigenvalue weighted by Crippen LogP contribution is -2.33. The lowest BCUT2D eigenvalue weighted by Gasteiger charge is -2.24. The van der Waals surface area contributed by atoms with E-state index in [-0.39, 0.29) is 29.8 Å². The fraction of sp³-hybridized carbons (Fsp3) is 0.263. The number of morpholine rings is 1. The average Bonchev–Trinajstić information content (AvgIpc) is 3.25. The molecule has 0 spiro atoms. The second kappa shape index (κ2) is 9.41. The van der Waals surface area contributed by atoms with E-state index in [1.165, 1.54) is 17.1 Å². The molecule has 1 amide bonds. The molecule has 1 fully saturated rings. The van der Waals surface area contributed by atoms with Gasteiger partial charge in [0.25, 0.3) is 5.91 Å². The number of carbonyl (C=O) groups excluding carboxylic acids is 1. The number of benzene rings is 1. The van der Waals surface area contributed by atoms with Crippen LogP contribution >= 0.6 is 12.4 Å². The van der Waals surface area contributed by atoms with E-state index in [4.69, 9.17) is 4.74 Å². The highest BCUT2D eigenvalue weighted by molar-refractivity contribution is 6.04. The topological polar surface area (TPSA) is 94.0 Å². The number of nitrogens with one attached hydrogen (secondary N) is 2. The molecule has 3 heterocycles. The lowest BCUT2D eigenvalue weighted by molar-refractivity contribution is -0.145. The molecule has 12 heteroatoms. The number of aromatic nitrogens is 4. The van der Waals surface area contributed by atoms with Crippen molar-refractivity contribution in [3.8, 4) is 5.69 Å². The van der Waals surface area contributed by atoms with Crippen LogP contribution in [0, 0.1) is 0 Å². The Bertz CT molecular complexity index is 1020. The number of nitrogens with zero attached hydrogens (tertiary/aromatic N) is 4. The normalized spacial score (nSPS) is 16.4. The largest absolute Gasteiger partial charge is 0.451 e. The van der Waals surface area contributed by atoms with Crippen LogP contribution in [0.2, 0.25) is 0 Å². The Morgan fingerprint density at radius 3 is 2.48 bits per heavy atom. The molecule has 1 aliphatic rings. The van der Waals surface area contributed by atoms with E-state index in [0.29, 0.717) is 12.3 Å². The maximum Gasteiger partial charge on any atom is 0.451 e. The van der Waals surface area contributed by atoms with Crippen LogP contribution < -0.4 is 10.6 Å². The molecular formula is C19H18ClF3N6O2. The molecule has 8 nitrogen and oxygen atoms in total. The van der Waals surface area contributed by atoms with Gasteiger partial charge in [-0.25, -0.2) is 14.6 Å². The summed E-state index contributed by atoms with van der Waals surface area (Å²) in [5.41, 5.74) is 2.04. The predicted octanol–water partition coefficient (Wildman–Crippen LogP) is 3.02. The van der Waals surface area contributed by atoms with Crippen LogP contribution in [0.4, 0.5) is 18.9 Å². The highest BCUT2D eigenvalue weighted by Gasteiger charge is 2.34. The number of hydrogen-bond donors (Lipinski definition) is 2. The molecule has 0 saturated carbocycles. The Kier molecular flexibility index (Phi) is 6.88. The second-order valence-electron chi connectivity index (χ2n) is 6.58. The van der Waals surface area contributed by atoms with Crippen molar-refractivity contribution < 1.29 is 22.7 Å². The summed E-state index contributed by atoms with van der Waals surface area (Å²) in [6.45, 7) is 2.21. The van der Waals surface area contributed by atoms with E-state index in [9.17, 15) is 18.0 Å². The monoisotopic (exact) mass is 454 g/mol. The van der Waals surface area contributed by atoms with E-state index >= 15 is 0 Å². The van der Waals surface area contributed by atoms with Crippen molar-refractivity contribution in [3.05, 3.63) is 66.0 Å². The van der Waals surface area contributed by atoms with Gasteiger partial charge in [-0.2, -0.15) is 18.3 Å². The van der Waals surface area contributed by atoms with Crippen molar-refractivity contribution in [1.82, 2.24) is 25.1 Å². The minimum Gasteiger partial charge on any atom is -0.371 e. The van der Waals surface area contributed by atoms with E-state index in [2.05, 4.69) is 25.7 Å². The van der Waals surface area contributed by atoms with Crippen LogP contribution in [-0.4, -0.2) is 45.4 Å². The zero-order chi connectivity index (χ0) is 21.1. The molecule has 4 rings (SSSR count). The van der Waals surface area contributed by atoms with Crippen molar-refractivity contribution in [1.29, 1.82) is 0 Å². The van der Waals surface area contributed by atoms with Gasteiger partial charge in [-0.3, -0.25) is 4.79 Å². The van der Waals surface area contributed by atoms with Gasteiger partial charge in [0.05, 0.1) is 36.9 Å². The Morgan fingerprint density at radius 2 is 1.87 bits per heavy atom. The number of anilines is 1. The Morgan fingerprint density at radius 1 is 1.16 bits per heavy atom. The Balaban J connectivity index is 0.00000272. The molecule has 1 unspecified atom stereocenters. The maximum atomic E-state index is 12.6. The smallest absolute Gasteiger partial charge is 0.371 e. The number of ether oxygens (including phenoxy) is 1. The van der Waals surface area contributed by atoms with Crippen LogP contribution in [0.15, 0.2) is 49.1 Å². The molecule has 31 heavy (non-hydrogen) atoms. The molecule has 3 aromatic rings. The first kappa shape index (κ1) is 22.7. The second-order valence-corrected chi connectivity index (χ2v) is 6.58. The Labute approximate surface area is 181 Å². The van der Waals surface area contributed by atoms with E-state index in [1.807, 2.05) is 12.1 Å². The molecular weight excluding hydrogens is 437 g/mol. The third-order valence-corrected chi connectivity index (χ3v) is 4.47. The number of rotatable bonds is 4. The minimum absolute atomic E-state index is 0. The number of amides is 1. The SMILES string of the molecule is Cl.O=C(Nc1ccc(C2CNCCO2)cc1)c1cnn(-c2cnc(C(F)(F)F)nc2)c1. The van der Waals surface area contributed by atoms with Gasteiger partial charge < -0.3 is 15.4 Å². The van der Waals surface area contributed by atoms with Gasteiger partial charge in [-0.15, -0.1) is 12.4 Å². The summed E-state index contributed by atoms with van der Waals surface area (Å²) in [6, 6.07) is 7.32. The van der Waals surface area contributed by atoms with Crippen LogP contribution in [-0.2, 0) is 10.9 Å². The number of halogens is 4. The lowest BCUT2D eigenvalue weighted by atomic mass is 10.1. The van der Waals surface area contributed by atoms with E-state index < -0.39 is 17.9 Å². The molecule has 164 valence electrons. The van der Waals surface area contributed by atoms with Crippen LogP contribution in [0.5, 0.6) is 0 Å².